The highest BCUT2D eigenvalue weighted by atomic mass is 35.5. The van der Waals surface area contributed by atoms with Crippen LogP contribution in [0.5, 0.6) is 0 Å². The molecule has 5 nitrogen and oxygen atoms in total. The number of benzene rings is 1. The zero-order valence-corrected chi connectivity index (χ0v) is 13.4. The summed E-state index contributed by atoms with van der Waals surface area (Å²) in [6, 6.07) is 6.12. The summed E-state index contributed by atoms with van der Waals surface area (Å²) in [5.41, 5.74) is 1.53. The first-order valence-electron chi connectivity index (χ1n) is 7.31. The number of carbonyl (C=O) groups excluding carboxylic acids is 2. The first-order valence-corrected chi connectivity index (χ1v) is 7.69. The van der Waals surface area contributed by atoms with Crippen LogP contribution in [0, 0.1) is 0 Å². The molecule has 0 aliphatic carbocycles. The topological polar surface area (TPSA) is 61.4 Å². The number of nitrogens with one attached hydrogen (secondary N) is 2. The molecule has 126 valence electrons. The van der Waals surface area contributed by atoms with Gasteiger partial charge in [-0.1, -0.05) is 6.07 Å². The van der Waals surface area contributed by atoms with E-state index in [0.29, 0.717) is 5.69 Å². The molecule has 1 heterocycles. The van der Waals surface area contributed by atoms with Crippen LogP contribution in [0.1, 0.15) is 19.8 Å². The average Bonchev–Trinajstić information content (AvgIpc) is 3.00. The summed E-state index contributed by atoms with van der Waals surface area (Å²) in [7, 11) is 0. The molecule has 2 rings (SSSR count). The van der Waals surface area contributed by atoms with Gasteiger partial charge in [0.05, 0.1) is 0 Å². The number of rotatable bonds is 5. The van der Waals surface area contributed by atoms with Crippen LogP contribution in [0.2, 0.25) is 0 Å². The van der Waals surface area contributed by atoms with Gasteiger partial charge >= 0.3 is 11.3 Å². The van der Waals surface area contributed by atoms with Crippen LogP contribution in [-0.2, 0) is 9.59 Å². The minimum Gasteiger partial charge on any atom is -0.371 e. The smallest absolute Gasteiger partial charge is 0.371 e. The van der Waals surface area contributed by atoms with Gasteiger partial charge in [0.15, 0.2) is 0 Å². The number of hydrogen-bond donors (Lipinski definition) is 2. The zero-order valence-electron chi connectivity index (χ0n) is 12.6. The Hall–Kier alpha value is -1.89. The normalized spacial score (nSPS) is 16.1. The summed E-state index contributed by atoms with van der Waals surface area (Å²) < 4.78 is 25.2. The Balaban J connectivity index is 1.97. The van der Waals surface area contributed by atoms with Crippen LogP contribution >= 0.6 is 11.6 Å². The van der Waals surface area contributed by atoms with Crippen LogP contribution in [0.3, 0.4) is 0 Å². The summed E-state index contributed by atoms with van der Waals surface area (Å²) in [6.07, 6.45) is 2.26. The molecule has 8 heteroatoms. The summed E-state index contributed by atoms with van der Waals surface area (Å²) in [4.78, 5) is 25.3. The molecule has 1 atom stereocenters. The second kappa shape index (κ2) is 7.12. The zero-order chi connectivity index (χ0) is 17.0. The molecule has 1 saturated heterocycles. The molecule has 2 N–H and O–H groups in total. The van der Waals surface area contributed by atoms with Gasteiger partial charge in [-0.2, -0.15) is 8.78 Å². The fourth-order valence-corrected chi connectivity index (χ4v) is 2.40. The van der Waals surface area contributed by atoms with Gasteiger partial charge in [0.2, 0.25) is 5.91 Å². The molecule has 1 aromatic carbocycles. The number of alkyl halides is 3. The van der Waals surface area contributed by atoms with Gasteiger partial charge in [0.25, 0.3) is 0 Å². The summed E-state index contributed by atoms with van der Waals surface area (Å²) in [6.45, 7) is 3.24. The second-order valence-electron chi connectivity index (χ2n) is 5.43. The average molecular weight is 346 g/mol. The van der Waals surface area contributed by atoms with E-state index in [2.05, 4.69) is 21.8 Å². The van der Waals surface area contributed by atoms with E-state index in [-0.39, 0.29) is 0 Å². The highest BCUT2D eigenvalue weighted by Gasteiger charge is 2.37. The Morgan fingerprint density at radius 3 is 2.57 bits per heavy atom. The minimum atomic E-state index is -4.04. The molecule has 2 amide bonds. The largest absolute Gasteiger partial charge is 0.399 e. The Bertz CT molecular complexity index is 586. The highest BCUT2D eigenvalue weighted by molar-refractivity contribution is 6.32. The maximum atomic E-state index is 12.6. The predicted octanol–water partition coefficient (Wildman–Crippen LogP) is 2.56. The maximum Gasteiger partial charge on any atom is 0.399 e. The van der Waals surface area contributed by atoms with Crippen molar-refractivity contribution in [3.63, 3.8) is 0 Å². The number of anilines is 2. The van der Waals surface area contributed by atoms with Crippen molar-refractivity contribution < 1.29 is 18.4 Å². The van der Waals surface area contributed by atoms with Crippen molar-refractivity contribution in [2.24, 2.45) is 0 Å². The van der Waals surface area contributed by atoms with Crippen LogP contribution in [-0.4, -0.2) is 36.3 Å². The molecular formula is C15H18ClF2N3O2. The number of amides is 2. The van der Waals surface area contributed by atoms with Crippen molar-refractivity contribution in [2.75, 3.05) is 23.3 Å². The molecule has 0 unspecified atom stereocenters. The third-order valence-corrected chi connectivity index (χ3v) is 3.75. The molecule has 23 heavy (non-hydrogen) atoms. The monoisotopic (exact) mass is 345 g/mol. The Labute approximate surface area is 138 Å². The lowest BCUT2D eigenvalue weighted by Crippen LogP contribution is -2.46. The van der Waals surface area contributed by atoms with Gasteiger partial charge in [-0.15, -0.1) is 0 Å². The highest BCUT2D eigenvalue weighted by Crippen LogP contribution is 2.23. The lowest BCUT2D eigenvalue weighted by molar-refractivity contribution is -0.138. The number of halogens is 3. The van der Waals surface area contributed by atoms with Gasteiger partial charge in [-0.3, -0.25) is 9.59 Å². The van der Waals surface area contributed by atoms with E-state index in [9.17, 15) is 18.4 Å². The van der Waals surface area contributed by atoms with Crippen molar-refractivity contribution in [1.82, 2.24) is 5.32 Å². The van der Waals surface area contributed by atoms with E-state index >= 15 is 0 Å². The van der Waals surface area contributed by atoms with Gasteiger partial charge in [-0.25, -0.2) is 0 Å². The third-order valence-electron chi connectivity index (χ3n) is 3.58. The first-order chi connectivity index (χ1) is 10.8. The Morgan fingerprint density at radius 1 is 1.30 bits per heavy atom. The van der Waals surface area contributed by atoms with Gasteiger partial charge in [-0.05, 0) is 49.6 Å². The van der Waals surface area contributed by atoms with Gasteiger partial charge in [0, 0.05) is 24.5 Å². The van der Waals surface area contributed by atoms with E-state index in [1.54, 1.807) is 12.1 Å². The summed E-state index contributed by atoms with van der Waals surface area (Å²) in [5, 5.41) is 0.423. The van der Waals surface area contributed by atoms with Crippen molar-refractivity contribution >= 4 is 34.8 Å². The number of carbonyl (C=O) groups is 2. The van der Waals surface area contributed by atoms with Crippen LogP contribution in [0.25, 0.3) is 0 Å². The molecular weight excluding hydrogens is 328 g/mol. The molecule has 0 saturated carbocycles. The lowest BCUT2D eigenvalue weighted by Gasteiger charge is -2.19. The fourth-order valence-electron chi connectivity index (χ4n) is 2.35. The molecule has 1 aliphatic heterocycles. The van der Waals surface area contributed by atoms with E-state index in [0.717, 1.165) is 31.6 Å². The SMILES string of the molecule is C[C@@H](NC(=O)C(F)(F)Cl)C(=O)Nc1cccc(N2CCCC2)c1. The minimum absolute atomic E-state index is 0.540. The Kier molecular flexibility index (Phi) is 5.41. The molecule has 1 aromatic rings. The second-order valence-corrected chi connectivity index (χ2v) is 5.90. The van der Waals surface area contributed by atoms with Gasteiger partial charge < -0.3 is 15.5 Å². The predicted molar refractivity (Wildman–Crippen MR) is 84.9 cm³/mol. The third kappa shape index (κ3) is 4.79. The molecule has 0 aromatic heterocycles. The van der Waals surface area contributed by atoms with E-state index in [1.165, 1.54) is 6.92 Å². The molecule has 0 spiro atoms. The molecule has 1 aliphatic rings. The van der Waals surface area contributed by atoms with Crippen molar-refractivity contribution in [3.05, 3.63) is 24.3 Å². The van der Waals surface area contributed by atoms with Crippen LogP contribution in [0.15, 0.2) is 24.3 Å². The van der Waals surface area contributed by atoms with Crippen LogP contribution in [0.4, 0.5) is 20.2 Å². The fraction of sp³-hybridized carbons (Fsp3) is 0.467. The number of nitrogens with zero attached hydrogens (tertiary/aromatic N) is 1. The number of hydrogen-bond acceptors (Lipinski definition) is 3. The standard InChI is InChI=1S/C15H18ClF2N3O2/c1-10(19-14(23)15(16,17)18)13(22)20-11-5-4-6-12(9-11)21-7-2-3-8-21/h4-6,9-10H,2-3,7-8H2,1H3,(H,19,23)(H,20,22)/t10-/m1/s1. The van der Waals surface area contributed by atoms with E-state index < -0.39 is 23.2 Å². The van der Waals surface area contributed by atoms with E-state index in [1.807, 2.05) is 17.4 Å². The van der Waals surface area contributed by atoms with Crippen molar-refractivity contribution in [2.45, 2.75) is 31.2 Å². The van der Waals surface area contributed by atoms with E-state index in [4.69, 9.17) is 0 Å². The Morgan fingerprint density at radius 2 is 1.96 bits per heavy atom. The maximum absolute atomic E-state index is 12.6. The summed E-state index contributed by atoms with van der Waals surface area (Å²) in [5.74, 6) is -2.30. The summed E-state index contributed by atoms with van der Waals surface area (Å²) >= 11 is 4.60. The molecule has 0 radical (unpaired) electrons. The lowest BCUT2D eigenvalue weighted by atomic mass is 10.2. The van der Waals surface area contributed by atoms with Crippen molar-refractivity contribution in [3.8, 4) is 0 Å². The van der Waals surface area contributed by atoms with Crippen molar-refractivity contribution in [1.29, 1.82) is 0 Å². The van der Waals surface area contributed by atoms with Gasteiger partial charge in [0.1, 0.15) is 6.04 Å². The molecule has 1 fully saturated rings. The molecule has 0 bridgehead atoms. The van der Waals surface area contributed by atoms with Crippen LogP contribution < -0.4 is 15.5 Å². The first kappa shape index (κ1) is 17.5. The quantitative estimate of drug-likeness (QED) is 0.806.